The molecule has 2 aliphatic heterocycles. The van der Waals surface area contributed by atoms with E-state index in [0.717, 1.165) is 31.8 Å². The quantitative estimate of drug-likeness (QED) is 0.583. The van der Waals surface area contributed by atoms with Crippen LogP contribution in [0.4, 0.5) is 0 Å². The van der Waals surface area contributed by atoms with Gasteiger partial charge in [0.25, 0.3) is 0 Å². The molecular formula is C14H23NO3. The van der Waals surface area contributed by atoms with E-state index in [4.69, 9.17) is 9.84 Å². The van der Waals surface area contributed by atoms with Crippen molar-refractivity contribution in [3.8, 4) is 0 Å². The van der Waals surface area contributed by atoms with Gasteiger partial charge in [0.15, 0.2) is 5.76 Å². The molecule has 0 spiro atoms. The molecule has 0 bridgehead atoms. The van der Waals surface area contributed by atoms with Gasteiger partial charge in [-0.1, -0.05) is 12.8 Å². The van der Waals surface area contributed by atoms with Crippen LogP contribution >= 0.6 is 0 Å². The topological polar surface area (TPSA) is 58.6 Å². The molecule has 0 saturated carbocycles. The van der Waals surface area contributed by atoms with Gasteiger partial charge in [-0.2, -0.15) is 0 Å². The van der Waals surface area contributed by atoms with Gasteiger partial charge >= 0.3 is 5.97 Å². The lowest BCUT2D eigenvalue weighted by molar-refractivity contribution is -0.149. The minimum Gasteiger partial charge on any atom is -0.502 e. The number of rotatable bonds is 5. The van der Waals surface area contributed by atoms with Crippen molar-refractivity contribution in [1.82, 2.24) is 5.32 Å². The van der Waals surface area contributed by atoms with Crippen LogP contribution in [0, 0.1) is 5.92 Å². The first-order valence-corrected chi connectivity index (χ1v) is 7.06. The third-order valence-electron chi connectivity index (χ3n) is 3.90. The van der Waals surface area contributed by atoms with E-state index in [-0.39, 0.29) is 11.9 Å². The Bertz CT molecular complexity index is 308. The van der Waals surface area contributed by atoms with Crippen LogP contribution in [0.1, 0.15) is 44.9 Å². The highest BCUT2D eigenvalue weighted by atomic mass is 16.6. The van der Waals surface area contributed by atoms with Crippen molar-refractivity contribution in [3.63, 3.8) is 0 Å². The number of hydrogen-bond donors (Lipinski definition) is 2. The van der Waals surface area contributed by atoms with Crippen LogP contribution in [-0.4, -0.2) is 30.3 Å². The van der Waals surface area contributed by atoms with E-state index < -0.39 is 5.97 Å². The molecule has 2 rings (SSSR count). The number of unbranched alkanes of at least 4 members (excludes halogenated alkanes) is 1. The van der Waals surface area contributed by atoms with Gasteiger partial charge in [-0.15, -0.1) is 0 Å². The zero-order valence-electron chi connectivity index (χ0n) is 10.9. The number of ether oxygens (including phenoxy) is 1. The number of nitrogens with one attached hydrogen (secondary N) is 1. The molecule has 0 aromatic rings. The molecule has 1 atom stereocenters. The molecule has 1 fully saturated rings. The van der Waals surface area contributed by atoms with Crippen molar-refractivity contribution >= 4 is 5.97 Å². The van der Waals surface area contributed by atoms with Crippen molar-refractivity contribution in [2.24, 2.45) is 5.92 Å². The standard InChI is InChI=1S/C14H23NO3/c16-13-6-5-12(18-14(13)17)4-2-1-3-11-7-9-15-10-8-11/h6,11-12,15-16H,1-5,7-10H2. The van der Waals surface area contributed by atoms with Crippen molar-refractivity contribution < 1.29 is 14.6 Å². The van der Waals surface area contributed by atoms with Gasteiger partial charge in [0.1, 0.15) is 6.10 Å². The van der Waals surface area contributed by atoms with Crippen molar-refractivity contribution in [3.05, 3.63) is 11.8 Å². The van der Waals surface area contributed by atoms with Crippen LogP contribution in [0.2, 0.25) is 0 Å². The fourth-order valence-corrected chi connectivity index (χ4v) is 2.74. The van der Waals surface area contributed by atoms with E-state index in [9.17, 15) is 4.79 Å². The Morgan fingerprint density at radius 1 is 1.28 bits per heavy atom. The second kappa shape index (κ2) is 6.78. The fourth-order valence-electron chi connectivity index (χ4n) is 2.74. The minimum atomic E-state index is -0.565. The number of carbonyl (C=O) groups excluding carboxylic acids is 1. The van der Waals surface area contributed by atoms with E-state index in [1.807, 2.05) is 0 Å². The fraction of sp³-hybridized carbons (Fsp3) is 0.786. The van der Waals surface area contributed by atoms with Gasteiger partial charge in [0.05, 0.1) is 0 Å². The van der Waals surface area contributed by atoms with E-state index in [0.29, 0.717) is 6.42 Å². The lowest BCUT2D eigenvalue weighted by Crippen LogP contribution is -2.27. The number of carbonyl (C=O) groups is 1. The number of cyclic esters (lactones) is 1. The molecule has 102 valence electrons. The Morgan fingerprint density at radius 3 is 2.72 bits per heavy atom. The van der Waals surface area contributed by atoms with E-state index in [1.54, 1.807) is 6.08 Å². The molecule has 2 N–H and O–H groups in total. The first-order chi connectivity index (χ1) is 8.75. The smallest absolute Gasteiger partial charge is 0.373 e. The first kappa shape index (κ1) is 13.4. The Morgan fingerprint density at radius 2 is 2.00 bits per heavy atom. The van der Waals surface area contributed by atoms with Gasteiger partial charge in [-0.05, 0) is 50.8 Å². The number of piperidine rings is 1. The van der Waals surface area contributed by atoms with Gasteiger partial charge in [-0.25, -0.2) is 4.79 Å². The van der Waals surface area contributed by atoms with Crippen LogP contribution in [0.5, 0.6) is 0 Å². The third kappa shape index (κ3) is 4.02. The largest absolute Gasteiger partial charge is 0.502 e. The summed E-state index contributed by atoms with van der Waals surface area (Å²) >= 11 is 0. The lowest BCUT2D eigenvalue weighted by Gasteiger charge is -2.23. The summed E-state index contributed by atoms with van der Waals surface area (Å²) in [6.45, 7) is 2.32. The number of aliphatic hydroxyl groups is 1. The van der Waals surface area contributed by atoms with Crippen molar-refractivity contribution in [1.29, 1.82) is 0 Å². The second-order valence-corrected chi connectivity index (χ2v) is 5.33. The predicted octanol–water partition coefficient (Wildman–Crippen LogP) is 2.30. The highest BCUT2D eigenvalue weighted by Crippen LogP contribution is 2.22. The molecule has 2 aliphatic rings. The van der Waals surface area contributed by atoms with Gasteiger partial charge in [0.2, 0.25) is 0 Å². The average Bonchev–Trinajstić information content (AvgIpc) is 2.40. The van der Waals surface area contributed by atoms with Gasteiger partial charge in [-0.3, -0.25) is 0 Å². The summed E-state index contributed by atoms with van der Waals surface area (Å²) < 4.78 is 5.12. The summed E-state index contributed by atoms with van der Waals surface area (Å²) in [7, 11) is 0. The summed E-state index contributed by atoms with van der Waals surface area (Å²) in [6, 6.07) is 0. The number of hydrogen-bond acceptors (Lipinski definition) is 4. The Hall–Kier alpha value is -1.03. The Labute approximate surface area is 108 Å². The first-order valence-electron chi connectivity index (χ1n) is 7.06. The molecular weight excluding hydrogens is 230 g/mol. The van der Waals surface area contributed by atoms with E-state index >= 15 is 0 Å². The summed E-state index contributed by atoms with van der Waals surface area (Å²) in [5.41, 5.74) is 0. The molecule has 0 aliphatic carbocycles. The Kier molecular flexibility index (Phi) is 5.05. The molecule has 18 heavy (non-hydrogen) atoms. The maximum absolute atomic E-state index is 11.1. The summed E-state index contributed by atoms with van der Waals surface area (Å²) in [4.78, 5) is 11.1. The molecule has 1 unspecified atom stereocenters. The maximum Gasteiger partial charge on any atom is 0.373 e. The average molecular weight is 253 g/mol. The van der Waals surface area contributed by atoms with Crippen LogP contribution < -0.4 is 5.32 Å². The highest BCUT2D eigenvalue weighted by molar-refractivity contribution is 5.86. The maximum atomic E-state index is 11.1. The van der Waals surface area contributed by atoms with Crippen LogP contribution in [0.3, 0.4) is 0 Å². The lowest BCUT2D eigenvalue weighted by atomic mass is 9.92. The van der Waals surface area contributed by atoms with Crippen LogP contribution in [-0.2, 0) is 9.53 Å². The predicted molar refractivity (Wildman–Crippen MR) is 69.3 cm³/mol. The molecule has 0 radical (unpaired) electrons. The van der Waals surface area contributed by atoms with Crippen molar-refractivity contribution in [2.75, 3.05) is 13.1 Å². The summed E-state index contributed by atoms with van der Waals surface area (Å²) in [5, 5.41) is 12.5. The summed E-state index contributed by atoms with van der Waals surface area (Å²) in [5.74, 6) is 0.0784. The Balaban J connectivity index is 1.57. The normalized spacial score (nSPS) is 25.7. The highest BCUT2D eigenvalue weighted by Gasteiger charge is 2.22. The minimum absolute atomic E-state index is 0.0265. The van der Waals surface area contributed by atoms with E-state index in [2.05, 4.69) is 5.32 Å². The molecule has 1 saturated heterocycles. The monoisotopic (exact) mass is 253 g/mol. The zero-order valence-corrected chi connectivity index (χ0v) is 10.9. The summed E-state index contributed by atoms with van der Waals surface area (Å²) in [6.07, 6.45) is 9.34. The molecule has 0 amide bonds. The van der Waals surface area contributed by atoms with Crippen molar-refractivity contribution in [2.45, 2.75) is 51.0 Å². The van der Waals surface area contributed by atoms with Crippen LogP contribution in [0.15, 0.2) is 11.8 Å². The molecule has 0 aromatic carbocycles. The molecule has 2 heterocycles. The van der Waals surface area contributed by atoms with Gasteiger partial charge in [0, 0.05) is 6.42 Å². The molecule has 4 heteroatoms. The SMILES string of the molecule is O=C1OC(CCCCC2CCNCC2)CC=C1O. The molecule has 0 aromatic heterocycles. The number of esters is 1. The van der Waals surface area contributed by atoms with Crippen LogP contribution in [0.25, 0.3) is 0 Å². The zero-order chi connectivity index (χ0) is 12.8. The second-order valence-electron chi connectivity index (χ2n) is 5.33. The number of aliphatic hydroxyl groups excluding tert-OH is 1. The third-order valence-corrected chi connectivity index (χ3v) is 3.90. The molecule has 4 nitrogen and oxygen atoms in total. The van der Waals surface area contributed by atoms with E-state index in [1.165, 1.54) is 25.7 Å². The van der Waals surface area contributed by atoms with Gasteiger partial charge < -0.3 is 15.2 Å².